The maximum atomic E-state index is 14.2. The normalized spacial score (nSPS) is 11.7. The number of nitriles is 1. The van der Waals surface area contributed by atoms with Gasteiger partial charge in [0, 0.05) is 17.0 Å². The van der Waals surface area contributed by atoms with Gasteiger partial charge in [0.05, 0.1) is 38.1 Å². The van der Waals surface area contributed by atoms with E-state index in [2.05, 4.69) is 9.72 Å². The molecule has 1 aromatic heterocycles. The minimum Gasteiger partial charge on any atom is -0.481 e. The molecule has 5 nitrogen and oxygen atoms in total. The van der Waals surface area contributed by atoms with Crippen molar-refractivity contribution in [2.75, 3.05) is 14.2 Å². The van der Waals surface area contributed by atoms with Crippen molar-refractivity contribution in [1.29, 1.82) is 5.26 Å². The van der Waals surface area contributed by atoms with Crippen LogP contribution >= 0.6 is 0 Å². The van der Waals surface area contributed by atoms with E-state index in [0.29, 0.717) is 16.8 Å². The van der Waals surface area contributed by atoms with E-state index >= 15 is 0 Å². The second-order valence-electron chi connectivity index (χ2n) is 4.32. The van der Waals surface area contributed by atoms with Crippen LogP contribution in [0.15, 0.2) is 24.3 Å². The summed E-state index contributed by atoms with van der Waals surface area (Å²) in [5, 5.41) is 9.53. The third-order valence-corrected chi connectivity index (χ3v) is 3.16. The van der Waals surface area contributed by atoms with Crippen molar-refractivity contribution < 1.29 is 18.7 Å². The van der Waals surface area contributed by atoms with E-state index < -0.39 is 17.7 Å². The number of nitrogens with zero attached hydrogens (tertiary/aromatic N) is 2. The molecule has 0 aliphatic heterocycles. The van der Waals surface area contributed by atoms with Gasteiger partial charge in [-0.2, -0.15) is 5.26 Å². The highest BCUT2D eigenvalue weighted by Crippen LogP contribution is 2.31. The van der Waals surface area contributed by atoms with Crippen LogP contribution in [0.3, 0.4) is 0 Å². The predicted molar refractivity (Wildman–Crippen MR) is 73.2 cm³/mol. The maximum absolute atomic E-state index is 14.2. The molecule has 0 saturated heterocycles. The van der Waals surface area contributed by atoms with Gasteiger partial charge in [-0.25, -0.2) is 9.37 Å². The van der Waals surface area contributed by atoms with Crippen molar-refractivity contribution in [1.82, 2.24) is 4.98 Å². The van der Waals surface area contributed by atoms with Crippen molar-refractivity contribution in [3.63, 3.8) is 0 Å². The van der Waals surface area contributed by atoms with Gasteiger partial charge in [0.15, 0.2) is 0 Å². The van der Waals surface area contributed by atoms with Crippen molar-refractivity contribution in [3.8, 4) is 11.9 Å². The lowest BCUT2D eigenvalue weighted by Crippen LogP contribution is -2.16. The summed E-state index contributed by atoms with van der Waals surface area (Å²) < 4.78 is 23.9. The molecule has 21 heavy (non-hydrogen) atoms. The Hall–Kier alpha value is -2.68. The Labute approximate surface area is 120 Å². The quantitative estimate of drug-likeness (QED) is 0.808. The van der Waals surface area contributed by atoms with Crippen LogP contribution in [0.1, 0.15) is 17.9 Å². The van der Waals surface area contributed by atoms with Gasteiger partial charge in [-0.05, 0) is 18.2 Å². The van der Waals surface area contributed by atoms with E-state index in [0.717, 1.165) is 0 Å². The van der Waals surface area contributed by atoms with Gasteiger partial charge in [0.2, 0.25) is 5.88 Å². The van der Waals surface area contributed by atoms with Crippen LogP contribution in [0.2, 0.25) is 0 Å². The predicted octanol–water partition coefficient (Wildman–Crippen LogP) is 2.55. The van der Waals surface area contributed by atoms with Crippen LogP contribution in [0.25, 0.3) is 10.9 Å². The lowest BCUT2D eigenvalue weighted by atomic mass is 9.93. The first-order valence-electron chi connectivity index (χ1n) is 6.20. The molecule has 1 atom stereocenters. The molecule has 108 valence electrons. The summed E-state index contributed by atoms with van der Waals surface area (Å²) in [5.74, 6) is -2.00. The van der Waals surface area contributed by atoms with E-state index in [1.54, 1.807) is 18.2 Å². The number of pyridine rings is 1. The molecule has 2 rings (SSSR count). The van der Waals surface area contributed by atoms with Gasteiger partial charge in [0.25, 0.3) is 0 Å². The molecule has 1 heterocycles. The molecule has 6 heteroatoms. The number of carbonyl (C=O) groups excluding carboxylic acids is 1. The second-order valence-corrected chi connectivity index (χ2v) is 4.32. The van der Waals surface area contributed by atoms with E-state index in [4.69, 9.17) is 10.00 Å². The lowest BCUT2D eigenvalue weighted by Gasteiger charge is -2.15. The second kappa shape index (κ2) is 6.18. The SMILES string of the molecule is COC(=O)C(CC#N)c1c(F)ccc2ccc(OC)nc12. The third-order valence-electron chi connectivity index (χ3n) is 3.16. The largest absolute Gasteiger partial charge is 0.481 e. The summed E-state index contributed by atoms with van der Waals surface area (Å²) in [6.07, 6.45) is -0.193. The average Bonchev–Trinajstić information content (AvgIpc) is 2.52. The van der Waals surface area contributed by atoms with E-state index in [1.807, 2.05) is 6.07 Å². The summed E-state index contributed by atoms with van der Waals surface area (Å²) in [4.78, 5) is 16.0. The first-order valence-corrected chi connectivity index (χ1v) is 6.20. The van der Waals surface area contributed by atoms with Crippen LogP contribution in [0.5, 0.6) is 5.88 Å². The van der Waals surface area contributed by atoms with Crippen LogP contribution in [-0.2, 0) is 9.53 Å². The molecule has 0 N–H and O–H groups in total. The number of hydrogen-bond donors (Lipinski definition) is 0. The molecule has 0 aliphatic carbocycles. The highest BCUT2D eigenvalue weighted by Gasteiger charge is 2.27. The van der Waals surface area contributed by atoms with Gasteiger partial charge in [-0.3, -0.25) is 4.79 Å². The van der Waals surface area contributed by atoms with Crippen LogP contribution in [-0.4, -0.2) is 25.2 Å². The van der Waals surface area contributed by atoms with Crippen molar-refractivity contribution >= 4 is 16.9 Å². The van der Waals surface area contributed by atoms with Crippen LogP contribution in [0, 0.1) is 17.1 Å². The highest BCUT2D eigenvalue weighted by atomic mass is 19.1. The summed E-state index contributed by atoms with van der Waals surface area (Å²) in [7, 11) is 2.64. The summed E-state index contributed by atoms with van der Waals surface area (Å²) in [6, 6.07) is 8.03. The van der Waals surface area contributed by atoms with Crippen molar-refractivity contribution in [2.24, 2.45) is 0 Å². The number of esters is 1. The molecule has 0 aliphatic rings. The highest BCUT2D eigenvalue weighted by molar-refractivity contribution is 5.89. The van der Waals surface area contributed by atoms with E-state index in [-0.39, 0.29) is 12.0 Å². The average molecular weight is 288 g/mol. The molecule has 0 amide bonds. The van der Waals surface area contributed by atoms with Gasteiger partial charge in [0.1, 0.15) is 5.82 Å². The van der Waals surface area contributed by atoms with Gasteiger partial charge in [-0.15, -0.1) is 0 Å². The summed E-state index contributed by atoms with van der Waals surface area (Å²) >= 11 is 0. The Balaban J connectivity index is 2.72. The fraction of sp³-hybridized carbons (Fsp3) is 0.267. The third kappa shape index (κ3) is 2.77. The topological polar surface area (TPSA) is 72.2 Å². The smallest absolute Gasteiger partial charge is 0.314 e. The number of hydrogen-bond acceptors (Lipinski definition) is 5. The Morgan fingerprint density at radius 3 is 2.71 bits per heavy atom. The number of ether oxygens (including phenoxy) is 2. The van der Waals surface area contributed by atoms with Gasteiger partial charge < -0.3 is 9.47 Å². The lowest BCUT2D eigenvalue weighted by molar-refractivity contribution is -0.142. The van der Waals surface area contributed by atoms with Gasteiger partial charge >= 0.3 is 5.97 Å². The number of carbonyl (C=O) groups is 1. The number of benzene rings is 1. The van der Waals surface area contributed by atoms with E-state index in [9.17, 15) is 9.18 Å². The zero-order chi connectivity index (χ0) is 15.4. The fourth-order valence-corrected chi connectivity index (χ4v) is 2.15. The van der Waals surface area contributed by atoms with Crippen LogP contribution < -0.4 is 4.74 Å². The molecule has 0 bridgehead atoms. The molecule has 2 aromatic rings. The number of aromatic nitrogens is 1. The molecule has 0 spiro atoms. The van der Waals surface area contributed by atoms with Crippen LogP contribution in [0.4, 0.5) is 4.39 Å². The summed E-state index contributed by atoms with van der Waals surface area (Å²) in [5.41, 5.74) is 0.347. The fourth-order valence-electron chi connectivity index (χ4n) is 2.15. The van der Waals surface area contributed by atoms with E-state index in [1.165, 1.54) is 20.3 Å². The maximum Gasteiger partial charge on any atom is 0.314 e. The molecule has 0 saturated carbocycles. The Morgan fingerprint density at radius 2 is 2.10 bits per heavy atom. The first-order chi connectivity index (χ1) is 10.1. The van der Waals surface area contributed by atoms with Gasteiger partial charge in [-0.1, -0.05) is 0 Å². The minimum atomic E-state index is -1.02. The Kier molecular flexibility index (Phi) is 4.33. The standard InChI is InChI=1S/C15H13FN2O3/c1-20-12-6-4-9-3-5-11(16)13(14(9)18-12)10(7-8-17)15(19)21-2/h3-6,10H,7H2,1-2H3. The van der Waals surface area contributed by atoms with Crippen molar-refractivity contribution in [2.45, 2.75) is 12.3 Å². The van der Waals surface area contributed by atoms with Crippen molar-refractivity contribution in [3.05, 3.63) is 35.6 Å². The zero-order valence-electron chi connectivity index (χ0n) is 11.6. The number of halogens is 1. The molecule has 0 radical (unpaired) electrons. The Morgan fingerprint density at radius 1 is 1.38 bits per heavy atom. The monoisotopic (exact) mass is 288 g/mol. The minimum absolute atomic E-state index is 0.0554. The zero-order valence-corrected chi connectivity index (χ0v) is 11.6. The number of methoxy groups -OCH3 is 2. The molecule has 1 aromatic carbocycles. The Bertz CT molecular complexity index is 725. The molecule has 1 unspecified atom stereocenters. The molecular weight excluding hydrogens is 275 g/mol. The number of rotatable bonds is 4. The molecular formula is C15H13FN2O3. The summed E-state index contributed by atoms with van der Waals surface area (Å²) in [6.45, 7) is 0. The molecule has 0 fully saturated rings. The first kappa shape index (κ1) is 14.7. The number of fused-ring (bicyclic) bond motifs is 1.